The van der Waals surface area contributed by atoms with E-state index >= 15 is 0 Å². The van der Waals surface area contributed by atoms with Crippen molar-refractivity contribution in [1.29, 1.82) is 0 Å². The molecule has 5 rings (SSSR count). The zero-order valence-electron chi connectivity index (χ0n) is 34.4. The number of carbonyl (C=O) groups excluding carboxylic acids is 2. The number of anilines is 1. The Labute approximate surface area is 333 Å². The molecule has 4 aromatic rings. The maximum absolute atomic E-state index is 11.4. The Balaban J connectivity index is 1.60. The molecule has 2 unspecified atom stereocenters. The predicted octanol–water partition coefficient (Wildman–Crippen LogP) is 6.96. The van der Waals surface area contributed by atoms with Gasteiger partial charge in [0.1, 0.15) is 11.5 Å². The van der Waals surface area contributed by atoms with Crippen LogP contribution in [0.3, 0.4) is 0 Å². The number of unbranched alkanes of at least 4 members (excludes halogenated alkanes) is 1. The van der Waals surface area contributed by atoms with E-state index in [9.17, 15) is 9.59 Å². The van der Waals surface area contributed by atoms with Crippen LogP contribution in [0.25, 0.3) is 39.0 Å². The fraction of sp³-hybridized carbons (Fsp3) is 0.489. The Morgan fingerprint density at radius 1 is 1.07 bits per heavy atom. The maximum atomic E-state index is 11.4. The molecule has 0 bridgehead atoms. The van der Waals surface area contributed by atoms with Gasteiger partial charge in [-0.1, -0.05) is 71.0 Å². The minimum Gasteiger partial charge on any atom is -0.495 e. The molecule has 3 heterocycles. The SMILES string of the molecule is C=C(OC)c1ncc(N2CCN(CC)C(CC)C2)cc1-c1c(CC(C)(C)COC=O)c2cc(-c3cccc(CC(N)CCCCNNC=O)c3)ccc2n1CC. The molecule has 302 valence electrons. The van der Waals surface area contributed by atoms with Gasteiger partial charge in [0.2, 0.25) is 6.41 Å². The molecule has 4 N–H and O–H groups in total. The number of amides is 1. The number of rotatable bonds is 22. The molecule has 2 atom stereocenters. The summed E-state index contributed by atoms with van der Waals surface area (Å²) < 4.78 is 13.6. The number of pyridine rings is 1. The van der Waals surface area contributed by atoms with Gasteiger partial charge in [0.05, 0.1) is 31.3 Å². The van der Waals surface area contributed by atoms with Crippen molar-refractivity contribution < 1.29 is 19.1 Å². The second-order valence-electron chi connectivity index (χ2n) is 15.8. The first-order valence-corrected chi connectivity index (χ1v) is 20.3. The van der Waals surface area contributed by atoms with Crippen LogP contribution in [0, 0.1) is 5.41 Å². The standard InChI is InChI=1S/C45H63N7O4/c1-8-37-28-51(21-20-50(37)9-2)38-25-40(43(47-27-38)32(4)55-7)44-41(26-45(5,6)29-56-31-54)39-24-35(17-18-42(39)52(44)10-3)34-15-13-14-33(22-34)23-36(46)16-11-12-19-48-49-30-53/h13-15,17-18,22,24-25,27,30-31,36-37,48H,4,8-12,16,19-21,23,26,28-29,46H2,1-3,5-7H3,(H,49,53). The van der Waals surface area contributed by atoms with Crippen LogP contribution in [-0.2, 0) is 38.4 Å². The molecule has 0 radical (unpaired) electrons. The zero-order chi connectivity index (χ0) is 40.2. The third-order valence-electron chi connectivity index (χ3n) is 11.2. The lowest BCUT2D eigenvalue weighted by Gasteiger charge is -2.41. The molecular weight excluding hydrogens is 703 g/mol. The fourth-order valence-electron chi connectivity index (χ4n) is 8.28. The normalized spacial score (nSPS) is 15.5. The van der Waals surface area contributed by atoms with Crippen LogP contribution >= 0.6 is 0 Å². The Morgan fingerprint density at radius 2 is 1.88 bits per heavy atom. The van der Waals surface area contributed by atoms with Gasteiger partial charge in [-0.05, 0) is 86.0 Å². The van der Waals surface area contributed by atoms with Gasteiger partial charge in [0, 0.05) is 66.7 Å². The quantitative estimate of drug-likeness (QED) is 0.0337. The van der Waals surface area contributed by atoms with Crippen molar-refractivity contribution in [1.82, 2.24) is 25.3 Å². The van der Waals surface area contributed by atoms with Crippen LogP contribution in [0.1, 0.15) is 77.1 Å². The third-order valence-corrected chi connectivity index (χ3v) is 11.2. The Bertz CT molecular complexity index is 1940. The van der Waals surface area contributed by atoms with Crippen LogP contribution in [0.2, 0.25) is 0 Å². The lowest BCUT2D eigenvalue weighted by molar-refractivity contribution is -0.131. The van der Waals surface area contributed by atoms with E-state index in [4.69, 9.17) is 20.2 Å². The molecular formula is C45H63N7O4. The topological polar surface area (TPSA) is 127 Å². The number of carbonyl (C=O) groups is 2. The summed E-state index contributed by atoms with van der Waals surface area (Å²) in [5.41, 5.74) is 21.2. The van der Waals surface area contributed by atoms with Gasteiger partial charge in [0.15, 0.2) is 0 Å². The first kappa shape index (κ1) is 42.4. The van der Waals surface area contributed by atoms with Crippen LogP contribution in [0.4, 0.5) is 5.69 Å². The molecule has 1 aliphatic rings. The van der Waals surface area contributed by atoms with Gasteiger partial charge in [-0.3, -0.25) is 24.9 Å². The lowest BCUT2D eigenvalue weighted by atomic mass is 9.84. The highest BCUT2D eigenvalue weighted by atomic mass is 16.5. The summed E-state index contributed by atoms with van der Waals surface area (Å²) >= 11 is 0. The molecule has 11 nitrogen and oxygen atoms in total. The van der Waals surface area contributed by atoms with Crippen molar-refractivity contribution in [3.8, 4) is 22.4 Å². The predicted molar refractivity (Wildman–Crippen MR) is 228 cm³/mol. The number of fused-ring (bicyclic) bond motifs is 1. The van der Waals surface area contributed by atoms with Crippen LogP contribution in [-0.4, -0.2) is 85.9 Å². The van der Waals surface area contributed by atoms with Gasteiger partial charge in [-0.25, -0.2) is 5.43 Å². The molecule has 2 aromatic heterocycles. The number of benzene rings is 2. The molecule has 11 heteroatoms. The van der Waals surface area contributed by atoms with E-state index in [0.29, 0.717) is 49.9 Å². The summed E-state index contributed by atoms with van der Waals surface area (Å²) in [5, 5.41) is 1.15. The van der Waals surface area contributed by atoms with Gasteiger partial charge in [-0.2, -0.15) is 0 Å². The number of nitrogens with two attached hydrogens (primary N) is 1. The molecule has 56 heavy (non-hydrogen) atoms. The zero-order valence-corrected chi connectivity index (χ0v) is 34.4. The van der Waals surface area contributed by atoms with Crippen LogP contribution < -0.4 is 21.5 Å². The minimum atomic E-state index is -0.357. The number of likely N-dealkylation sites (N-methyl/N-ethyl adjacent to an activating group) is 1. The highest BCUT2D eigenvalue weighted by Gasteiger charge is 2.30. The number of nitrogens with one attached hydrogen (secondary N) is 2. The summed E-state index contributed by atoms with van der Waals surface area (Å²) in [4.78, 5) is 31.9. The Kier molecular flexibility index (Phi) is 15.1. The number of piperazine rings is 1. The number of ether oxygens (including phenoxy) is 2. The van der Waals surface area contributed by atoms with Gasteiger partial charge in [0.25, 0.3) is 6.47 Å². The molecule has 1 fully saturated rings. The smallest absolute Gasteiger partial charge is 0.293 e. The number of hydrogen-bond acceptors (Lipinski definition) is 9. The second kappa shape index (κ2) is 19.9. The molecule has 1 amide bonds. The van der Waals surface area contributed by atoms with E-state index in [1.165, 1.54) is 11.1 Å². The number of aromatic nitrogens is 2. The average molecular weight is 766 g/mol. The first-order valence-electron chi connectivity index (χ1n) is 20.3. The third kappa shape index (κ3) is 10.2. The molecule has 1 saturated heterocycles. The van der Waals surface area contributed by atoms with E-state index in [0.717, 1.165) is 104 Å². The summed E-state index contributed by atoms with van der Waals surface area (Å²) in [7, 11) is 1.65. The number of hydrazine groups is 1. The molecule has 1 aliphatic heterocycles. The minimum absolute atomic E-state index is 0.0409. The number of aryl methyl sites for hydroxylation is 1. The molecule has 2 aromatic carbocycles. The van der Waals surface area contributed by atoms with Crippen molar-refractivity contribution >= 4 is 35.2 Å². The van der Waals surface area contributed by atoms with Crippen molar-refractivity contribution in [2.75, 3.05) is 51.3 Å². The van der Waals surface area contributed by atoms with Gasteiger partial charge >= 0.3 is 0 Å². The van der Waals surface area contributed by atoms with Gasteiger partial charge in [-0.15, -0.1) is 0 Å². The molecule has 0 saturated carbocycles. The Morgan fingerprint density at radius 3 is 2.59 bits per heavy atom. The summed E-state index contributed by atoms with van der Waals surface area (Å²) in [6, 6.07) is 18.3. The summed E-state index contributed by atoms with van der Waals surface area (Å²) in [6.07, 6.45) is 7.97. The number of methoxy groups -OCH3 is 1. The van der Waals surface area contributed by atoms with Crippen LogP contribution in [0.5, 0.6) is 0 Å². The molecule has 0 spiro atoms. The summed E-state index contributed by atoms with van der Waals surface area (Å²) in [6.45, 7) is 21.5. The van der Waals surface area contributed by atoms with Crippen molar-refractivity contribution in [2.24, 2.45) is 11.1 Å². The number of hydrogen-bond donors (Lipinski definition) is 3. The lowest BCUT2D eigenvalue weighted by Crippen LogP contribution is -2.52. The van der Waals surface area contributed by atoms with E-state index in [-0.39, 0.29) is 11.5 Å². The van der Waals surface area contributed by atoms with Crippen LogP contribution in [0.15, 0.2) is 61.3 Å². The average Bonchev–Trinajstić information content (AvgIpc) is 3.51. The summed E-state index contributed by atoms with van der Waals surface area (Å²) in [5.74, 6) is 0.512. The monoisotopic (exact) mass is 765 g/mol. The van der Waals surface area contributed by atoms with Crippen molar-refractivity contribution in [3.63, 3.8) is 0 Å². The highest BCUT2D eigenvalue weighted by Crippen LogP contribution is 2.43. The first-order chi connectivity index (χ1) is 27.1. The maximum Gasteiger partial charge on any atom is 0.293 e. The fourth-order valence-corrected chi connectivity index (χ4v) is 8.28. The van der Waals surface area contributed by atoms with Crippen molar-refractivity contribution in [3.05, 3.63) is 78.1 Å². The Hall–Kier alpha value is -4.71. The number of nitrogens with zero attached hydrogens (tertiary/aromatic N) is 4. The second-order valence-corrected chi connectivity index (χ2v) is 15.8. The largest absolute Gasteiger partial charge is 0.495 e. The highest BCUT2D eigenvalue weighted by molar-refractivity contribution is 5.96. The van der Waals surface area contributed by atoms with E-state index < -0.39 is 0 Å². The molecule has 0 aliphatic carbocycles. The van der Waals surface area contributed by atoms with Gasteiger partial charge < -0.3 is 24.7 Å². The van der Waals surface area contributed by atoms with E-state index in [1.54, 1.807) is 7.11 Å². The van der Waals surface area contributed by atoms with E-state index in [1.807, 2.05) is 6.20 Å². The van der Waals surface area contributed by atoms with Crippen molar-refractivity contribution in [2.45, 2.75) is 91.8 Å². The van der Waals surface area contributed by atoms with E-state index in [2.05, 4.69) is 115 Å².